The van der Waals surface area contributed by atoms with Crippen LogP contribution >= 0.6 is 11.6 Å². The number of carbonyl (C=O) groups is 1. The number of rotatable bonds is 6. The Morgan fingerprint density at radius 1 is 1.18 bits per heavy atom. The number of benzene rings is 2. The minimum absolute atomic E-state index is 0.197. The predicted octanol–water partition coefficient (Wildman–Crippen LogP) is 3.61. The van der Waals surface area contributed by atoms with E-state index < -0.39 is 6.10 Å². The largest absolute Gasteiger partial charge is 0.481 e. The van der Waals surface area contributed by atoms with Crippen LogP contribution in [0.3, 0.4) is 0 Å². The van der Waals surface area contributed by atoms with Crippen molar-refractivity contribution in [2.45, 2.75) is 19.4 Å². The lowest BCUT2D eigenvalue weighted by Gasteiger charge is -2.14. The summed E-state index contributed by atoms with van der Waals surface area (Å²) in [4.78, 5) is 11.9. The highest BCUT2D eigenvalue weighted by Crippen LogP contribution is 2.16. The van der Waals surface area contributed by atoms with Gasteiger partial charge in [-0.2, -0.15) is 0 Å². The molecule has 0 aliphatic carbocycles. The molecule has 0 radical (unpaired) electrons. The summed E-state index contributed by atoms with van der Waals surface area (Å²) in [5.41, 5.74) is 0.966. The predicted molar refractivity (Wildman–Crippen MR) is 84.7 cm³/mol. The third kappa shape index (κ3) is 5.04. The number of halogens is 2. The molecule has 0 unspecified atom stereocenters. The van der Waals surface area contributed by atoms with Gasteiger partial charge in [0, 0.05) is 11.6 Å². The van der Waals surface area contributed by atoms with Gasteiger partial charge in [0.05, 0.1) is 0 Å². The minimum Gasteiger partial charge on any atom is -0.481 e. The molecule has 1 atom stereocenters. The lowest BCUT2D eigenvalue weighted by molar-refractivity contribution is -0.127. The number of carbonyl (C=O) groups excluding carboxylic acids is 1. The van der Waals surface area contributed by atoms with Gasteiger partial charge < -0.3 is 10.1 Å². The van der Waals surface area contributed by atoms with E-state index in [1.165, 1.54) is 12.1 Å². The van der Waals surface area contributed by atoms with Crippen LogP contribution in [-0.4, -0.2) is 18.6 Å². The summed E-state index contributed by atoms with van der Waals surface area (Å²) in [6.07, 6.45) is 0.0362. The van der Waals surface area contributed by atoms with Crippen LogP contribution in [-0.2, 0) is 11.2 Å². The van der Waals surface area contributed by atoms with Crippen LogP contribution < -0.4 is 10.1 Å². The van der Waals surface area contributed by atoms with Gasteiger partial charge in [-0.25, -0.2) is 4.39 Å². The van der Waals surface area contributed by atoms with Crippen molar-refractivity contribution in [1.82, 2.24) is 5.32 Å². The monoisotopic (exact) mass is 321 g/mol. The molecule has 116 valence electrons. The molecule has 1 N–H and O–H groups in total. The zero-order chi connectivity index (χ0) is 15.9. The number of hydrogen-bond acceptors (Lipinski definition) is 2. The summed E-state index contributed by atoms with van der Waals surface area (Å²) >= 11 is 5.79. The third-order valence-electron chi connectivity index (χ3n) is 3.12. The molecule has 0 aliphatic heterocycles. The maximum absolute atomic E-state index is 12.8. The van der Waals surface area contributed by atoms with Crippen LogP contribution in [0.4, 0.5) is 4.39 Å². The average Bonchev–Trinajstić information content (AvgIpc) is 2.51. The summed E-state index contributed by atoms with van der Waals surface area (Å²) in [7, 11) is 0. The van der Waals surface area contributed by atoms with Gasteiger partial charge >= 0.3 is 0 Å². The summed E-state index contributed by atoms with van der Waals surface area (Å²) in [5.74, 6) is 0.125. The first-order chi connectivity index (χ1) is 10.5. The van der Waals surface area contributed by atoms with E-state index in [4.69, 9.17) is 16.3 Å². The van der Waals surface area contributed by atoms with Crippen LogP contribution in [0.2, 0.25) is 5.02 Å². The first-order valence-electron chi connectivity index (χ1n) is 6.99. The van der Waals surface area contributed by atoms with Gasteiger partial charge in [-0.05, 0) is 55.3 Å². The molecule has 3 nitrogen and oxygen atoms in total. The highest BCUT2D eigenvalue weighted by atomic mass is 35.5. The fourth-order valence-corrected chi connectivity index (χ4v) is 2.02. The molecule has 0 saturated carbocycles. The molecule has 2 aromatic carbocycles. The van der Waals surface area contributed by atoms with E-state index in [2.05, 4.69) is 5.32 Å². The topological polar surface area (TPSA) is 38.3 Å². The first kappa shape index (κ1) is 16.3. The van der Waals surface area contributed by atoms with Crippen molar-refractivity contribution in [2.75, 3.05) is 6.54 Å². The van der Waals surface area contributed by atoms with Crippen molar-refractivity contribution in [3.05, 3.63) is 64.9 Å². The fraction of sp³-hybridized carbons (Fsp3) is 0.235. The van der Waals surface area contributed by atoms with Crippen molar-refractivity contribution in [3.63, 3.8) is 0 Å². The Hall–Kier alpha value is -2.07. The van der Waals surface area contributed by atoms with Crippen molar-refractivity contribution < 1.29 is 13.9 Å². The maximum Gasteiger partial charge on any atom is 0.260 e. The van der Waals surface area contributed by atoms with Gasteiger partial charge in [0.25, 0.3) is 5.91 Å². The second-order valence-electron chi connectivity index (χ2n) is 4.88. The van der Waals surface area contributed by atoms with Crippen LogP contribution in [0, 0.1) is 5.82 Å². The van der Waals surface area contributed by atoms with Gasteiger partial charge in [0.2, 0.25) is 0 Å². The summed E-state index contributed by atoms with van der Waals surface area (Å²) in [6, 6.07) is 13.1. The molecule has 22 heavy (non-hydrogen) atoms. The first-order valence-corrected chi connectivity index (χ1v) is 7.37. The van der Waals surface area contributed by atoms with Gasteiger partial charge in [-0.15, -0.1) is 0 Å². The molecule has 0 aliphatic rings. The van der Waals surface area contributed by atoms with Crippen LogP contribution in [0.25, 0.3) is 0 Å². The molecule has 0 saturated heterocycles. The summed E-state index contributed by atoms with van der Waals surface area (Å²) in [6.45, 7) is 2.15. The Kier molecular flexibility index (Phi) is 5.78. The minimum atomic E-state index is -0.602. The summed E-state index contributed by atoms with van der Waals surface area (Å²) in [5, 5.41) is 3.41. The molecule has 0 fully saturated rings. The second kappa shape index (κ2) is 7.80. The smallest absolute Gasteiger partial charge is 0.260 e. The molecule has 2 aromatic rings. The molecule has 0 bridgehead atoms. The van der Waals surface area contributed by atoms with E-state index in [9.17, 15) is 9.18 Å². The molecule has 0 aromatic heterocycles. The van der Waals surface area contributed by atoms with Crippen LogP contribution in [0.5, 0.6) is 5.75 Å². The molecule has 0 heterocycles. The number of amides is 1. The fourth-order valence-electron chi connectivity index (χ4n) is 1.90. The number of ether oxygens (including phenoxy) is 1. The highest BCUT2D eigenvalue weighted by Gasteiger charge is 2.13. The van der Waals surface area contributed by atoms with Crippen molar-refractivity contribution >= 4 is 17.5 Å². The standard InChI is InChI=1S/C17H17ClFNO2/c1-12(22-16-8-4-14(18)5-9-16)17(21)20-11-10-13-2-6-15(19)7-3-13/h2-9,12H,10-11H2,1H3,(H,20,21)/t12-/m0/s1. The molecule has 1 amide bonds. The SMILES string of the molecule is C[C@H](Oc1ccc(Cl)cc1)C(=O)NCCc1ccc(F)cc1. The molecule has 2 rings (SSSR count). The Morgan fingerprint density at radius 3 is 2.45 bits per heavy atom. The number of nitrogens with one attached hydrogen (secondary N) is 1. The van der Waals surface area contributed by atoms with Gasteiger partial charge in [-0.3, -0.25) is 4.79 Å². The highest BCUT2D eigenvalue weighted by molar-refractivity contribution is 6.30. The van der Waals surface area contributed by atoms with E-state index in [0.717, 1.165) is 5.56 Å². The van der Waals surface area contributed by atoms with E-state index in [1.54, 1.807) is 43.3 Å². The normalized spacial score (nSPS) is 11.8. The number of hydrogen-bond donors (Lipinski definition) is 1. The second-order valence-corrected chi connectivity index (χ2v) is 5.32. The molecular formula is C17H17ClFNO2. The van der Waals surface area contributed by atoms with E-state index in [0.29, 0.717) is 23.7 Å². The Bertz CT molecular complexity index is 614. The van der Waals surface area contributed by atoms with Crippen molar-refractivity contribution in [3.8, 4) is 5.75 Å². The lowest BCUT2D eigenvalue weighted by Crippen LogP contribution is -2.37. The van der Waals surface area contributed by atoms with E-state index >= 15 is 0 Å². The van der Waals surface area contributed by atoms with Crippen LogP contribution in [0.1, 0.15) is 12.5 Å². The van der Waals surface area contributed by atoms with Gasteiger partial charge in [-0.1, -0.05) is 23.7 Å². The van der Waals surface area contributed by atoms with Crippen LogP contribution in [0.15, 0.2) is 48.5 Å². The van der Waals surface area contributed by atoms with E-state index in [-0.39, 0.29) is 11.7 Å². The Balaban J connectivity index is 1.76. The van der Waals surface area contributed by atoms with Gasteiger partial charge in [0.15, 0.2) is 6.10 Å². The average molecular weight is 322 g/mol. The zero-order valence-electron chi connectivity index (χ0n) is 12.2. The summed E-state index contributed by atoms with van der Waals surface area (Å²) < 4.78 is 18.3. The van der Waals surface area contributed by atoms with Crippen molar-refractivity contribution in [1.29, 1.82) is 0 Å². The zero-order valence-corrected chi connectivity index (χ0v) is 12.9. The quantitative estimate of drug-likeness (QED) is 0.882. The lowest BCUT2D eigenvalue weighted by atomic mass is 10.1. The third-order valence-corrected chi connectivity index (χ3v) is 3.37. The van der Waals surface area contributed by atoms with E-state index in [1.807, 2.05) is 0 Å². The Labute approximate surface area is 134 Å². The molecular weight excluding hydrogens is 305 g/mol. The van der Waals surface area contributed by atoms with Gasteiger partial charge in [0.1, 0.15) is 11.6 Å². The van der Waals surface area contributed by atoms with Crippen molar-refractivity contribution in [2.24, 2.45) is 0 Å². The molecule has 5 heteroatoms. The molecule has 0 spiro atoms. The Morgan fingerprint density at radius 2 is 1.82 bits per heavy atom. The maximum atomic E-state index is 12.8.